The average Bonchev–Trinajstić information content (AvgIpc) is 3.22. The number of fused-ring (bicyclic) bond motifs is 4. The highest BCUT2D eigenvalue weighted by Gasteiger charge is 2.82. The van der Waals surface area contributed by atoms with Crippen LogP contribution in [0.25, 0.3) is 0 Å². The summed E-state index contributed by atoms with van der Waals surface area (Å²) in [6.45, 7) is 7.29. The first kappa shape index (κ1) is 17.8. The topological polar surface area (TPSA) is 114 Å². The monoisotopic (exact) mass is 368 g/mol. The molecule has 2 bridgehead atoms. The van der Waals surface area contributed by atoms with Gasteiger partial charge in [-0.15, -0.1) is 0 Å². The fourth-order valence-corrected chi connectivity index (χ4v) is 8.27. The van der Waals surface area contributed by atoms with Crippen molar-refractivity contribution >= 4 is 0 Å². The molecule has 5 rings (SSSR count). The highest BCUT2D eigenvalue weighted by atomic mass is 16.6. The highest BCUT2D eigenvalue weighted by molar-refractivity contribution is 5.31. The molecule has 0 aromatic carbocycles. The zero-order valence-corrected chi connectivity index (χ0v) is 16.0. The Hall–Kier alpha value is -0.240. The maximum atomic E-state index is 11.8. The van der Waals surface area contributed by atoms with Crippen molar-refractivity contribution in [1.29, 1.82) is 0 Å². The van der Waals surface area contributed by atoms with E-state index in [1.165, 1.54) is 0 Å². The lowest BCUT2D eigenvalue weighted by Crippen LogP contribution is -2.63. The highest BCUT2D eigenvalue weighted by Crippen LogP contribution is 2.72. The summed E-state index contributed by atoms with van der Waals surface area (Å²) in [5.74, 6) is -1.17. The van der Waals surface area contributed by atoms with Crippen LogP contribution < -0.4 is 0 Å². The van der Waals surface area contributed by atoms with E-state index >= 15 is 0 Å². The van der Waals surface area contributed by atoms with E-state index in [9.17, 15) is 25.5 Å². The van der Waals surface area contributed by atoms with Crippen LogP contribution in [0.4, 0.5) is 0 Å². The lowest BCUT2D eigenvalue weighted by molar-refractivity contribution is -0.222. The van der Waals surface area contributed by atoms with Crippen molar-refractivity contribution in [2.24, 2.45) is 28.6 Å². The second-order valence-corrected chi connectivity index (χ2v) is 10.9. The molecule has 0 aromatic heterocycles. The Morgan fingerprint density at radius 1 is 0.962 bits per heavy atom. The first-order valence-corrected chi connectivity index (χ1v) is 10.0. The largest absolute Gasteiger partial charge is 0.392 e. The normalized spacial score (nSPS) is 68.0. The molecule has 4 aliphatic carbocycles. The van der Waals surface area contributed by atoms with Gasteiger partial charge in [0.2, 0.25) is 0 Å². The van der Waals surface area contributed by atoms with Crippen molar-refractivity contribution in [3.63, 3.8) is 0 Å². The zero-order valence-electron chi connectivity index (χ0n) is 16.0. The Morgan fingerprint density at radius 2 is 1.62 bits per heavy atom. The molecule has 5 aliphatic rings. The van der Waals surface area contributed by atoms with Gasteiger partial charge in [-0.3, -0.25) is 0 Å². The number of rotatable bonds is 0. The summed E-state index contributed by atoms with van der Waals surface area (Å²) >= 11 is 0. The van der Waals surface area contributed by atoms with E-state index in [1.54, 1.807) is 13.8 Å². The van der Waals surface area contributed by atoms with Gasteiger partial charge in [-0.2, -0.15) is 0 Å². The molecule has 6 heteroatoms. The van der Waals surface area contributed by atoms with E-state index in [0.29, 0.717) is 19.3 Å². The van der Waals surface area contributed by atoms with Gasteiger partial charge in [0.05, 0.1) is 35.6 Å². The molecular weight excluding hydrogens is 336 g/mol. The molecule has 0 amide bonds. The zero-order chi connectivity index (χ0) is 19.1. The predicted octanol–water partition coefficient (Wildman–Crippen LogP) is 0.185. The molecule has 1 saturated heterocycles. The van der Waals surface area contributed by atoms with Crippen molar-refractivity contribution in [3.8, 4) is 0 Å². The molecule has 0 aromatic rings. The summed E-state index contributed by atoms with van der Waals surface area (Å²) in [6, 6.07) is 0. The van der Waals surface area contributed by atoms with Gasteiger partial charge < -0.3 is 30.3 Å². The molecule has 1 aliphatic heterocycles. The molecule has 1 heterocycles. The van der Waals surface area contributed by atoms with Gasteiger partial charge in [0.25, 0.3) is 0 Å². The van der Waals surface area contributed by atoms with Gasteiger partial charge in [-0.1, -0.05) is 13.8 Å². The predicted molar refractivity (Wildman–Crippen MR) is 92.0 cm³/mol. The smallest absolute Gasteiger partial charge is 0.106 e. The van der Waals surface area contributed by atoms with Gasteiger partial charge in [-0.25, -0.2) is 0 Å². The maximum Gasteiger partial charge on any atom is 0.106 e. The lowest BCUT2D eigenvalue weighted by atomic mass is 9.57. The van der Waals surface area contributed by atoms with Gasteiger partial charge in [0.1, 0.15) is 5.60 Å². The summed E-state index contributed by atoms with van der Waals surface area (Å²) in [5.41, 5.74) is -5.30. The third kappa shape index (κ3) is 1.64. The molecule has 6 nitrogen and oxygen atoms in total. The van der Waals surface area contributed by atoms with Crippen LogP contribution in [0.3, 0.4) is 0 Å². The molecule has 11 atom stereocenters. The van der Waals surface area contributed by atoms with Crippen molar-refractivity contribution in [1.82, 2.24) is 0 Å². The Kier molecular flexibility index (Phi) is 3.08. The van der Waals surface area contributed by atoms with Crippen LogP contribution in [0.1, 0.15) is 53.4 Å². The van der Waals surface area contributed by atoms with Crippen LogP contribution in [-0.2, 0) is 4.74 Å². The van der Waals surface area contributed by atoms with Gasteiger partial charge >= 0.3 is 0 Å². The third-order valence-corrected chi connectivity index (χ3v) is 9.40. The van der Waals surface area contributed by atoms with E-state index in [-0.39, 0.29) is 30.5 Å². The van der Waals surface area contributed by atoms with E-state index in [2.05, 4.69) is 0 Å². The molecule has 26 heavy (non-hydrogen) atoms. The quantitative estimate of drug-likeness (QED) is 0.390. The van der Waals surface area contributed by atoms with E-state index in [4.69, 9.17) is 4.74 Å². The summed E-state index contributed by atoms with van der Waals surface area (Å²) in [4.78, 5) is 0. The summed E-state index contributed by atoms with van der Waals surface area (Å²) in [7, 11) is 0. The van der Waals surface area contributed by atoms with Crippen LogP contribution in [-0.4, -0.2) is 66.8 Å². The third-order valence-electron chi connectivity index (χ3n) is 9.40. The molecular formula is C20H32O6. The van der Waals surface area contributed by atoms with Gasteiger partial charge in [-0.05, 0) is 45.4 Å². The van der Waals surface area contributed by atoms with Gasteiger partial charge in [0.15, 0.2) is 0 Å². The van der Waals surface area contributed by atoms with E-state index < -0.39 is 45.8 Å². The Bertz CT molecular complexity index is 659. The summed E-state index contributed by atoms with van der Waals surface area (Å²) in [5, 5.41) is 56.9. The summed E-state index contributed by atoms with van der Waals surface area (Å²) < 4.78 is 5.82. The van der Waals surface area contributed by atoms with Crippen LogP contribution in [0.5, 0.6) is 0 Å². The Morgan fingerprint density at radius 3 is 2.27 bits per heavy atom. The Balaban J connectivity index is 1.70. The molecule has 0 unspecified atom stereocenters. The standard InChI is InChI=1S/C20H32O6/c1-16(2)15-12(26-15)13-18(4,24)10-6-5-9-14(22)19(10,8-17(9,3)23)7-11(21)20(13,16)25/h9-15,21-25H,5-8H2,1-4H3/t9-,10+,11-,12+,13-,14-,15+,17-,18-,19+,20-/m1/s1. The molecule has 0 radical (unpaired) electrons. The van der Waals surface area contributed by atoms with Crippen molar-refractivity contribution in [3.05, 3.63) is 0 Å². The summed E-state index contributed by atoms with van der Waals surface area (Å²) in [6.07, 6.45) is -0.485. The first-order valence-electron chi connectivity index (χ1n) is 10.0. The SMILES string of the molecule is CC1(C)[C@H]2O[C@H]2[C@@H]2[C@](C)(O)[C@@H]3CC[C@@H]4[C@@H](O)[C@@]3(C[C@@H](O)[C@@]21O)C[C@@]4(C)O. The van der Waals surface area contributed by atoms with Crippen LogP contribution >= 0.6 is 0 Å². The number of aliphatic hydroxyl groups is 5. The minimum absolute atomic E-state index is 0.166. The van der Waals surface area contributed by atoms with Crippen molar-refractivity contribution in [2.45, 2.75) is 94.6 Å². The van der Waals surface area contributed by atoms with E-state index in [0.717, 1.165) is 0 Å². The van der Waals surface area contributed by atoms with Crippen molar-refractivity contribution in [2.75, 3.05) is 0 Å². The first-order chi connectivity index (χ1) is 11.8. The van der Waals surface area contributed by atoms with Gasteiger partial charge in [0, 0.05) is 22.7 Å². The Labute approximate surface area is 154 Å². The van der Waals surface area contributed by atoms with Crippen LogP contribution in [0, 0.1) is 28.6 Å². The molecule has 5 fully saturated rings. The second-order valence-electron chi connectivity index (χ2n) is 10.9. The molecule has 4 saturated carbocycles. The molecule has 1 spiro atoms. The number of hydrogen-bond donors (Lipinski definition) is 5. The van der Waals surface area contributed by atoms with Crippen LogP contribution in [0.2, 0.25) is 0 Å². The number of ether oxygens (including phenoxy) is 1. The van der Waals surface area contributed by atoms with E-state index in [1.807, 2.05) is 13.8 Å². The minimum Gasteiger partial charge on any atom is -0.392 e. The fraction of sp³-hybridized carbons (Fsp3) is 1.00. The molecule has 5 N–H and O–H groups in total. The lowest BCUT2D eigenvalue weighted by Gasteiger charge is -2.51. The number of epoxide rings is 1. The van der Waals surface area contributed by atoms with Crippen LogP contribution in [0.15, 0.2) is 0 Å². The number of aliphatic hydroxyl groups excluding tert-OH is 2. The molecule has 148 valence electrons. The van der Waals surface area contributed by atoms with Crippen molar-refractivity contribution < 1.29 is 30.3 Å². The maximum absolute atomic E-state index is 11.8. The number of hydrogen-bond acceptors (Lipinski definition) is 6. The fourth-order valence-electron chi connectivity index (χ4n) is 8.27. The average molecular weight is 368 g/mol. The second kappa shape index (κ2) is 4.50. The minimum atomic E-state index is -1.49.